The maximum absolute atomic E-state index is 9.22. The van der Waals surface area contributed by atoms with Crippen LogP contribution in [-0.2, 0) is 0 Å². The molecule has 0 radical (unpaired) electrons. The minimum absolute atomic E-state index is 0.178. The molecule has 1 N–H and O–H groups in total. The summed E-state index contributed by atoms with van der Waals surface area (Å²) in [6, 6.07) is 0. The van der Waals surface area contributed by atoms with Crippen molar-refractivity contribution in [1.82, 2.24) is 9.36 Å². The predicted molar refractivity (Wildman–Crippen MR) is 51.6 cm³/mol. The van der Waals surface area contributed by atoms with Crippen LogP contribution in [0.5, 0.6) is 0 Å². The molecule has 0 aliphatic rings. The number of hydrogen-bond acceptors (Lipinski definition) is 5. The van der Waals surface area contributed by atoms with E-state index in [9.17, 15) is 5.11 Å². The average Bonchev–Trinajstić information content (AvgIpc) is 2.35. The van der Waals surface area contributed by atoms with Crippen molar-refractivity contribution in [2.45, 2.75) is 36.5 Å². The number of aromatic nitrogens is 2. The second-order valence-electron chi connectivity index (χ2n) is 2.67. The fourth-order valence-corrected chi connectivity index (χ4v) is 2.45. The van der Waals surface area contributed by atoms with Crippen LogP contribution in [0.4, 0.5) is 0 Å². The van der Waals surface area contributed by atoms with Crippen molar-refractivity contribution in [2.75, 3.05) is 0 Å². The quantitative estimate of drug-likeness (QED) is 0.761. The Morgan fingerprint density at radius 3 is 2.58 bits per heavy atom. The Labute approximate surface area is 80.4 Å². The zero-order valence-corrected chi connectivity index (χ0v) is 8.95. The number of hydrogen-bond donors (Lipinski definition) is 1. The van der Waals surface area contributed by atoms with E-state index < -0.39 is 0 Å². The van der Waals surface area contributed by atoms with E-state index in [1.54, 1.807) is 18.7 Å². The van der Waals surface area contributed by atoms with E-state index in [1.165, 1.54) is 11.5 Å². The van der Waals surface area contributed by atoms with Crippen molar-refractivity contribution in [1.29, 1.82) is 0 Å². The Kier molecular flexibility index (Phi) is 3.49. The predicted octanol–water partition coefficient (Wildman–Crippen LogP) is 1.71. The van der Waals surface area contributed by atoms with Crippen LogP contribution in [0.3, 0.4) is 0 Å². The lowest BCUT2D eigenvalue weighted by Crippen LogP contribution is -2.14. The van der Waals surface area contributed by atoms with Gasteiger partial charge in [0, 0.05) is 5.25 Å². The molecule has 3 nitrogen and oxygen atoms in total. The molecule has 68 valence electrons. The number of thioether (sulfide) groups is 1. The molecule has 0 bridgehead atoms. The Morgan fingerprint density at radius 1 is 1.50 bits per heavy atom. The summed E-state index contributed by atoms with van der Waals surface area (Å²) in [4.78, 5) is 4.19. The van der Waals surface area contributed by atoms with Gasteiger partial charge in [0.2, 0.25) is 0 Å². The van der Waals surface area contributed by atoms with E-state index in [0.717, 1.165) is 10.2 Å². The Bertz CT molecular complexity index is 249. The average molecular weight is 204 g/mol. The fraction of sp³-hybridized carbons (Fsp3) is 0.714. The minimum atomic E-state index is -0.306. The lowest BCUT2D eigenvalue weighted by Gasteiger charge is -2.10. The fourth-order valence-electron chi connectivity index (χ4n) is 0.583. The van der Waals surface area contributed by atoms with E-state index in [2.05, 4.69) is 9.36 Å². The first-order chi connectivity index (χ1) is 5.59. The molecule has 0 fully saturated rings. The molecule has 1 aromatic heterocycles. The molecule has 0 saturated carbocycles. The molecule has 1 aromatic rings. The van der Waals surface area contributed by atoms with Gasteiger partial charge in [-0.2, -0.15) is 4.37 Å². The Hall–Kier alpha value is -0.130. The zero-order valence-electron chi connectivity index (χ0n) is 7.31. The standard InChI is InChI=1S/C7H12N2OS2/c1-4(10)5(2)11-7-8-6(3)9-12-7/h4-5,10H,1-3H3. The molecule has 0 aliphatic heterocycles. The Morgan fingerprint density at radius 2 is 2.17 bits per heavy atom. The first kappa shape index (κ1) is 9.95. The number of aliphatic hydroxyl groups excluding tert-OH is 1. The van der Waals surface area contributed by atoms with E-state index >= 15 is 0 Å². The van der Waals surface area contributed by atoms with Crippen LogP contribution in [0.2, 0.25) is 0 Å². The van der Waals surface area contributed by atoms with Crippen molar-refractivity contribution in [3.05, 3.63) is 5.82 Å². The van der Waals surface area contributed by atoms with Gasteiger partial charge in [0.05, 0.1) is 6.10 Å². The van der Waals surface area contributed by atoms with Gasteiger partial charge in [-0.05, 0) is 25.4 Å². The third-order valence-electron chi connectivity index (χ3n) is 1.47. The highest BCUT2D eigenvalue weighted by Crippen LogP contribution is 2.26. The molecule has 0 aliphatic carbocycles. The minimum Gasteiger partial charge on any atom is -0.392 e. The van der Waals surface area contributed by atoms with Gasteiger partial charge in [0.1, 0.15) is 5.82 Å². The molecule has 5 heteroatoms. The van der Waals surface area contributed by atoms with Crippen LogP contribution in [0.25, 0.3) is 0 Å². The Balaban J connectivity index is 2.52. The van der Waals surface area contributed by atoms with E-state index in [1.807, 2.05) is 13.8 Å². The van der Waals surface area contributed by atoms with Crippen LogP contribution in [-0.4, -0.2) is 25.8 Å². The normalized spacial score (nSPS) is 16.0. The molecular weight excluding hydrogens is 192 g/mol. The summed E-state index contributed by atoms with van der Waals surface area (Å²) in [5.74, 6) is 0.806. The highest BCUT2D eigenvalue weighted by Gasteiger charge is 2.12. The van der Waals surface area contributed by atoms with Gasteiger partial charge in [-0.3, -0.25) is 0 Å². The zero-order chi connectivity index (χ0) is 9.14. The van der Waals surface area contributed by atoms with Crippen molar-refractivity contribution in [2.24, 2.45) is 0 Å². The molecule has 2 unspecified atom stereocenters. The maximum Gasteiger partial charge on any atom is 0.170 e. The molecule has 2 atom stereocenters. The van der Waals surface area contributed by atoms with Crippen LogP contribution < -0.4 is 0 Å². The summed E-state index contributed by atoms with van der Waals surface area (Å²) in [5, 5.41) is 9.40. The summed E-state index contributed by atoms with van der Waals surface area (Å²) >= 11 is 2.95. The third kappa shape index (κ3) is 2.73. The van der Waals surface area contributed by atoms with Gasteiger partial charge in [-0.25, -0.2) is 4.98 Å². The largest absolute Gasteiger partial charge is 0.392 e. The summed E-state index contributed by atoms with van der Waals surface area (Å²) in [6.07, 6.45) is -0.306. The van der Waals surface area contributed by atoms with Crippen molar-refractivity contribution in [3.8, 4) is 0 Å². The van der Waals surface area contributed by atoms with Crippen LogP contribution in [0.1, 0.15) is 19.7 Å². The molecule has 0 amide bonds. The first-order valence-corrected chi connectivity index (χ1v) is 5.40. The second kappa shape index (κ2) is 4.20. The second-order valence-corrected chi connectivity index (χ2v) is 5.05. The number of nitrogens with zero attached hydrogens (tertiary/aromatic N) is 2. The van der Waals surface area contributed by atoms with E-state index in [0.29, 0.717) is 0 Å². The summed E-state index contributed by atoms with van der Waals surface area (Å²) in [5.41, 5.74) is 0. The van der Waals surface area contributed by atoms with E-state index in [-0.39, 0.29) is 11.4 Å². The highest BCUT2D eigenvalue weighted by molar-refractivity contribution is 8.01. The molecular formula is C7H12N2OS2. The van der Waals surface area contributed by atoms with Gasteiger partial charge in [0.25, 0.3) is 0 Å². The number of rotatable bonds is 3. The van der Waals surface area contributed by atoms with Crippen molar-refractivity contribution < 1.29 is 5.11 Å². The topological polar surface area (TPSA) is 46.0 Å². The summed E-state index contributed by atoms with van der Waals surface area (Å²) < 4.78 is 4.99. The van der Waals surface area contributed by atoms with Gasteiger partial charge in [-0.1, -0.05) is 18.7 Å². The summed E-state index contributed by atoms with van der Waals surface area (Å²) in [6.45, 7) is 5.63. The first-order valence-electron chi connectivity index (χ1n) is 3.74. The van der Waals surface area contributed by atoms with Gasteiger partial charge in [0.15, 0.2) is 4.34 Å². The lowest BCUT2D eigenvalue weighted by molar-refractivity contribution is 0.196. The number of aliphatic hydroxyl groups is 1. The molecule has 1 heterocycles. The van der Waals surface area contributed by atoms with E-state index in [4.69, 9.17) is 0 Å². The number of aryl methyl sites for hydroxylation is 1. The van der Waals surface area contributed by atoms with Crippen LogP contribution in [0.15, 0.2) is 4.34 Å². The lowest BCUT2D eigenvalue weighted by atomic mass is 10.3. The van der Waals surface area contributed by atoms with Gasteiger partial charge < -0.3 is 5.11 Å². The van der Waals surface area contributed by atoms with Gasteiger partial charge >= 0.3 is 0 Å². The van der Waals surface area contributed by atoms with Crippen LogP contribution in [0, 0.1) is 6.92 Å². The molecule has 1 rings (SSSR count). The van der Waals surface area contributed by atoms with Gasteiger partial charge in [-0.15, -0.1) is 0 Å². The highest BCUT2D eigenvalue weighted by atomic mass is 32.2. The van der Waals surface area contributed by atoms with Crippen LogP contribution >= 0.6 is 23.3 Å². The monoisotopic (exact) mass is 204 g/mol. The molecule has 12 heavy (non-hydrogen) atoms. The third-order valence-corrected chi connectivity index (χ3v) is 3.65. The molecule has 0 saturated heterocycles. The molecule has 0 spiro atoms. The maximum atomic E-state index is 9.22. The van der Waals surface area contributed by atoms with Crippen molar-refractivity contribution in [3.63, 3.8) is 0 Å². The summed E-state index contributed by atoms with van der Waals surface area (Å²) in [7, 11) is 0. The molecule has 0 aromatic carbocycles. The SMILES string of the molecule is Cc1nsc(SC(C)C(C)O)n1. The van der Waals surface area contributed by atoms with Crippen molar-refractivity contribution >= 4 is 23.3 Å². The smallest absolute Gasteiger partial charge is 0.170 e.